The number of nitrogens with zero attached hydrogens (tertiary/aromatic N) is 1. The lowest BCUT2D eigenvalue weighted by Crippen LogP contribution is -3.00. The average molecular weight is 423 g/mol. The Hall–Kier alpha value is -2.12. The Kier molecular flexibility index (Phi) is 8.46. The van der Waals surface area contributed by atoms with Gasteiger partial charge in [0.2, 0.25) is 11.8 Å². The van der Waals surface area contributed by atoms with E-state index in [1.165, 1.54) is 0 Å². The molecule has 5 N–H and O–H groups in total. The zero-order valence-electron chi connectivity index (χ0n) is 16.9. The molecule has 4 atom stereocenters. The quantitative estimate of drug-likeness (QED) is 0.447. The second-order valence-electron chi connectivity index (χ2n) is 7.82. The van der Waals surface area contributed by atoms with E-state index >= 15 is 0 Å². The molecule has 0 radical (unpaired) electrons. The van der Waals surface area contributed by atoms with E-state index in [4.69, 9.17) is 0 Å². The molecule has 2 fully saturated rings. The molecule has 2 saturated heterocycles. The third kappa shape index (κ3) is 5.48. The lowest BCUT2D eigenvalue weighted by molar-refractivity contribution is -0.405. The highest BCUT2D eigenvalue weighted by Gasteiger charge is 2.46. The monoisotopic (exact) mass is 422 g/mol. The van der Waals surface area contributed by atoms with Gasteiger partial charge in [0, 0.05) is 19.0 Å². The van der Waals surface area contributed by atoms with Gasteiger partial charge in [0.25, 0.3) is 5.91 Å². The van der Waals surface area contributed by atoms with E-state index in [2.05, 4.69) is 16.4 Å². The van der Waals surface area contributed by atoms with Crippen molar-refractivity contribution in [3.63, 3.8) is 0 Å². The first-order valence-electron chi connectivity index (χ1n) is 10.3. The Morgan fingerprint density at radius 1 is 1.17 bits per heavy atom. The van der Waals surface area contributed by atoms with Crippen molar-refractivity contribution in [1.29, 1.82) is 0 Å². The smallest absolute Gasteiger partial charge is 0.278 e. The van der Waals surface area contributed by atoms with E-state index in [1.54, 1.807) is 4.90 Å². The van der Waals surface area contributed by atoms with E-state index in [-0.39, 0.29) is 42.2 Å². The van der Waals surface area contributed by atoms with Gasteiger partial charge in [-0.05, 0) is 37.7 Å². The minimum atomic E-state index is -0.549. The summed E-state index contributed by atoms with van der Waals surface area (Å²) in [6.45, 7) is 2.45. The molecule has 8 heteroatoms. The molecular formula is C21H31ClN4O3. The molecule has 160 valence electrons. The van der Waals surface area contributed by atoms with Crippen LogP contribution in [0.25, 0.3) is 0 Å². The molecule has 3 rings (SSSR count). The number of nitrogens with one attached hydrogen (secondary N) is 2. The summed E-state index contributed by atoms with van der Waals surface area (Å²) in [5.74, 6) is -0.429. The Morgan fingerprint density at radius 3 is 2.55 bits per heavy atom. The van der Waals surface area contributed by atoms with Crippen molar-refractivity contribution in [2.45, 2.75) is 76.2 Å². The summed E-state index contributed by atoms with van der Waals surface area (Å²) in [5.41, 5.74) is 4.91. The lowest BCUT2D eigenvalue weighted by atomic mass is 9.97. The van der Waals surface area contributed by atoms with Crippen molar-refractivity contribution in [2.24, 2.45) is 0 Å². The van der Waals surface area contributed by atoms with E-state index in [1.807, 2.05) is 37.3 Å². The summed E-state index contributed by atoms with van der Waals surface area (Å²) >= 11 is 0. The van der Waals surface area contributed by atoms with Gasteiger partial charge >= 0.3 is 0 Å². The van der Waals surface area contributed by atoms with Crippen LogP contribution >= 0.6 is 0 Å². The van der Waals surface area contributed by atoms with Crippen LogP contribution in [0, 0.1) is 0 Å². The maximum Gasteiger partial charge on any atom is 0.278 e. The number of hydrogen-bond donors (Lipinski definition) is 3. The molecule has 29 heavy (non-hydrogen) atoms. The van der Waals surface area contributed by atoms with Gasteiger partial charge in [-0.25, -0.2) is 0 Å². The Bertz CT molecular complexity index is 715. The van der Waals surface area contributed by atoms with Crippen molar-refractivity contribution in [3.8, 4) is 0 Å². The van der Waals surface area contributed by atoms with E-state index in [0.29, 0.717) is 25.8 Å². The van der Waals surface area contributed by atoms with Crippen LogP contribution in [0.3, 0.4) is 0 Å². The number of piperidine rings is 1. The SMILES string of the molecule is CCC[C@H]([NH3+])C(=O)N[C@H]1CC[C@@H]2CC[C@@H](C(=O)NCc3ccccc3)N2C1=O.[Cl-]. The van der Waals surface area contributed by atoms with Gasteiger partial charge in [0.15, 0.2) is 6.04 Å². The number of rotatable bonds is 7. The van der Waals surface area contributed by atoms with Crippen LogP contribution < -0.4 is 28.8 Å². The van der Waals surface area contributed by atoms with Gasteiger partial charge in [-0.1, -0.05) is 37.3 Å². The molecule has 0 saturated carbocycles. The number of benzene rings is 1. The number of fused-ring (bicyclic) bond motifs is 1. The zero-order chi connectivity index (χ0) is 20.1. The van der Waals surface area contributed by atoms with Crippen molar-refractivity contribution < 1.29 is 32.5 Å². The highest BCUT2D eigenvalue weighted by atomic mass is 35.5. The molecular weight excluding hydrogens is 392 g/mol. The minimum Gasteiger partial charge on any atom is -1.00 e. The largest absolute Gasteiger partial charge is 1.00 e. The van der Waals surface area contributed by atoms with Crippen LogP contribution in [-0.2, 0) is 20.9 Å². The predicted molar refractivity (Wildman–Crippen MR) is 105 cm³/mol. The van der Waals surface area contributed by atoms with E-state index in [9.17, 15) is 14.4 Å². The summed E-state index contributed by atoms with van der Waals surface area (Å²) < 4.78 is 0. The third-order valence-corrected chi connectivity index (χ3v) is 5.78. The molecule has 0 aliphatic carbocycles. The zero-order valence-corrected chi connectivity index (χ0v) is 17.7. The van der Waals surface area contributed by atoms with E-state index < -0.39 is 12.1 Å². The first-order valence-corrected chi connectivity index (χ1v) is 10.3. The van der Waals surface area contributed by atoms with Crippen molar-refractivity contribution in [1.82, 2.24) is 15.5 Å². The molecule has 0 unspecified atom stereocenters. The molecule has 7 nitrogen and oxygen atoms in total. The second-order valence-corrected chi connectivity index (χ2v) is 7.82. The number of carbonyl (C=O) groups is 3. The summed E-state index contributed by atoms with van der Waals surface area (Å²) in [6, 6.07) is 8.47. The first-order chi connectivity index (χ1) is 13.5. The molecule has 0 spiro atoms. The topological polar surface area (TPSA) is 106 Å². The van der Waals surface area contributed by atoms with Gasteiger partial charge in [0.1, 0.15) is 12.1 Å². The summed E-state index contributed by atoms with van der Waals surface area (Å²) in [4.78, 5) is 39.8. The predicted octanol–water partition coefficient (Wildman–Crippen LogP) is -2.64. The van der Waals surface area contributed by atoms with Gasteiger partial charge in [-0.3, -0.25) is 14.4 Å². The minimum absolute atomic E-state index is 0. The Labute approximate surface area is 178 Å². The highest BCUT2D eigenvalue weighted by Crippen LogP contribution is 2.32. The average Bonchev–Trinajstić information content (AvgIpc) is 3.14. The van der Waals surface area contributed by atoms with Crippen molar-refractivity contribution >= 4 is 17.7 Å². The molecule has 2 heterocycles. The molecule has 2 aliphatic heterocycles. The van der Waals surface area contributed by atoms with Crippen LogP contribution in [0.15, 0.2) is 30.3 Å². The maximum absolute atomic E-state index is 13.0. The number of amides is 3. The summed E-state index contributed by atoms with van der Waals surface area (Å²) in [6.07, 6.45) is 4.52. The van der Waals surface area contributed by atoms with Crippen molar-refractivity contribution in [2.75, 3.05) is 0 Å². The molecule has 2 aliphatic rings. The maximum atomic E-state index is 13.0. The standard InChI is InChI=1S/C21H30N4O3.ClH/c1-2-6-16(22)19(26)24-17-11-9-15-10-12-18(25(15)21(17)28)20(27)23-13-14-7-4-3-5-8-14;/h3-5,7-8,15-18H,2,6,9-13,22H2,1H3,(H,23,27)(H,24,26);1H/t15-,16+,17+,18+;/m1./s1. The van der Waals surface area contributed by atoms with Crippen LogP contribution in [0.5, 0.6) is 0 Å². The van der Waals surface area contributed by atoms with Crippen molar-refractivity contribution in [3.05, 3.63) is 35.9 Å². The van der Waals surface area contributed by atoms with Crippen LogP contribution in [0.4, 0.5) is 0 Å². The second kappa shape index (κ2) is 10.6. The molecule has 1 aromatic carbocycles. The molecule has 1 aromatic rings. The fourth-order valence-electron chi connectivity index (χ4n) is 4.23. The highest BCUT2D eigenvalue weighted by molar-refractivity contribution is 5.94. The number of hydrogen-bond acceptors (Lipinski definition) is 3. The third-order valence-electron chi connectivity index (χ3n) is 5.78. The van der Waals surface area contributed by atoms with Crippen LogP contribution in [0.2, 0.25) is 0 Å². The Balaban J connectivity index is 0.00000300. The van der Waals surface area contributed by atoms with Gasteiger partial charge in [0.05, 0.1) is 0 Å². The normalized spacial score (nSPS) is 24.3. The van der Waals surface area contributed by atoms with E-state index in [0.717, 1.165) is 24.8 Å². The fourth-order valence-corrected chi connectivity index (χ4v) is 4.23. The number of quaternary nitrogens is 1. The van der Waals surface area contributed by atoms with Gasteiger partial charge in [-0.2, -0.15) is 0 Å². The molecule has 0 bridgehead atoms. The Morgan fingerprint density at radius 2 is 1.86 bits per heavy atom. The first kappa shape index (κ1) is 23.2. The molecule has 0 aromatic heterocycles. The van der Waals surface area contributed by atoms with Gasteiger partial charge in [-0.15, -0.1) is 0 Å². The van der Waals surface area contributed by atoms with Gasteiger partial charge < -0.3 is 33.7 Å². The number of carbonyl (C=O) groups excluding carboxylic acids is 3. The van der Waals surface area contributed by atoms with Crippen LogP contribution in [-0.4, -0.2) is 46.8 Å². The summed E-state index contributed by atoms with van der Waals surface area (Å²) in [7, 11) is 0. The fraction of sp³-hybridized carbons (Fsp3) is 0.571. The van der Waals surface area contributed by atoms with Crippen LogP contribution in [0.1, 0.15) is 51.0 Å². The number of halogens is 1. The summed E-state index contributed by atoms with van der Waals surface area (Å²) in [5, 5.41) is 5.81. The lowest BCUT2D eigenvalue weighted by Gasteiger charge is -2.37. The molecule has 3 amide bonds.